The Kier molecular flexibility index (Phi) is 5.27. The molecule has 0 radical (unpaired) electrons. The Labute approximate surface area is 145 Å². The van der Waals surface area contributed by atoms with Gasteiger partial charge in [-0.15, -0.1) is 11.3 Å². The van der Waals surface area contributed by atoms with Crippen molar-refractivity contribution in [3.8, 4) is 0 Å². The quantitative estimate of drug-likeness (QED) is 0.889. The lowest BCUT2D eigenvalue weighted by Gasteiger charge is -2.35. The van der Waals surface area contributed by atoms with E-state index in [1.165, 1.54) is 11.3 Å². The number of thiazole rings is 1. The van der Waals surface area contributed by atoms with E-state index in [1.807, 2.05) is 37.7 Å². The predicted octanol–water partition coefficient (Wildman–Crippen LogP) is 1.68. The molecule has 0 bridgehead atoms. The summed E-state index contributed by atoms with van der Waals surface area (Å²) in [6.45, 7) is 8.67. The second kappa shape index (κ2) is 7.42. The fourth-order valence-corrected chi connectivity index (χ4v) is 3.54. The third-order valence-corrected chi connectivity index (χ3v) is 5.29. The fraction of sp³-hybridized carbons (Fsp3) is 0.562. The lowest BCUT2D eigenvalue weighted by molar-refractivity contribution is -0.124. The van der Waals surface area contributed by atoms with Gasteiger partial charge < -0.3 is 10.1 Å². The van der Waals surface area contributed by atoms with Crippen molar-refractivity contribution in [3.05, 3.63) is 29.0 Å². The lowest BCUT2D eigenvalue weighted by atomic mass is 10.2. The Morgan fingerprint density at radius 1 is 1.54 bits per heavy atom. The van der Waals surface area contributed by atoms with Gasteiger partial charge >= 0.3 is 0 Å². The van der Waals surface area contributed by atoms with Gasteiger partial charge in [0, 0.05) is 30.4 Å². The standard InChI is InChI=1S/C16H23N5O2S/c1-11-13(3)24-16(18-11)19-15(22)12(2)20-7-8-23-14(9-20)10-21-6-4-5-17-21/h4-6,12,14H,7-10H2,1-3H3,(H,18,19,22)/t12-,14-/m0/s1. The SMILES string of the molecule is Cc1nc(NC(=O)[C@H](C)N2CCO[C@H](Cn3cccn3)C2)sc1C. The zero-order chi connectivity index (χ0) is 17.1. The molecule has 1 amide bonds. The molecule has 1 saturated heterocycles. The first-order chi connectivity index (χ1) is 11.5. The van der Waals surface area contributed by atoms with E-state index in [-0.39, 0.29) is 18.1 Å². The van der Waals surface area contributed by atoms with Crippen molar-refractivity contribution in [2.45, 2.75) is 39.5 Å². The molecule has 0 aromatic carbocycles. The molecule has 2 atom stereocenters. The number of nitrogens with zero attached hydrogens (tertiary/aromatic N) is 4. The molecule has 8 heteroatoms. The number of aromatic nitrogens is 3. The van der Waals surface area contributed by atoms with Crippen LogP contribution < -0.4 is 5.32 Å². The average molecular weight is 349 g/mol. The van der Waals surface area contributed by atoms with E-state index in [4.69, 9.17) is 4.74 Å². The van der Waals surface area contributed by atoms with Gasteiger partial charge in [-0.05, 0) is 26.8 Å². The van der Waals surface area contributed by atoms with Crippen LogP contribution in [0.5, 0.6) is 0 Å². The van der Waals surface area contributed by atoms with Crippen LogP contribution in [0.4, 0.5) is 5.13 Å². The normalized spacial score (nSPS) is 20.0. The maximum absolute atomic E-state index is 12.5. The van der Waals surface area contributed by atoms with Crippen LogP contribution in [0.2, 0.25) is 0 Å². The summed E-state index contributed by atoms with van der Waals surface area (Å²) < 4.78 is 7.67. The number of morpholine rings is 1. The van der Waals surface area contributed by atoms with Gasteiger partial charge in [0.1, 0.15) is 0 Å². The minimum atomic E-state index is -0.224. The van der Waals surface area contributed by atoms with E-state index < -0.39 is 0 Å². The molecule has 0 spiro atoms. The van der Waals surface area contributed by atoms with E-state index in [9.17, 15) is 4.79 Å². The van der Waals surface area contributed by atoms with Crippen molar-refractivity contribution in [2.75, 3.05) is 25.0 Å². The highest BCUT2D eigenvalue weighted by Crippen LogP contribution is 2.21. The Hall–Kier alpha value is -1.77. The molecule has 1 aliphatic heterocycles. The minimum absolute atomic E-state index is 0.0245. The summed E-state index contributed by atoms with van der Waals surface area (Å²) >= 11 is 1.51. The van der Waals surface area contributed by atoms with Crippen LogP contribution in [0.1, 0.15) is 17.5 Å². The first-order valence-electron chi connectivity index (χ1n) is 8.11. The Morgan fingerprint density at radius 3 is 3.04 bits per heavy atom. The molecule has 0 aliphatic carbocycles. The van der Waals surface area contributed by atoms with Crippen LogP contribution in [0, 0.1) is 13.8 Å². The van der Waals surface area contributed by atoms with Gasteiger partial charge in [-0.25, -0.2) is 4.98 Å². The molecular weight excluding hydrogens is 326 g/mol. The zero-order valence-corrected chi connectivity index (χ0v) is 15.0. The lowest BCUT2D eigenvalue weighted by Crippen LogP contribution is -2.51. The monoisotopic (exact) mass is 349 g/mol. The summed E-state index contributed by atoms with van der Waals surface area (Å²) in [4.78, 5) is 20.2. The number of hydrogen-bond acceptors (Lipinski definition) is 6. The molecule has 7 nitrogen and oxygen atoms in total. The Morgan fingerprint density at radius 2 is 2.38 bits per heavy atom. The number of carbonyl (C=O) groups excluding carboxylic acids is 1. The fourth-order valence-electron chi connectivity index (χ4n) is 2.72. The van der Waals surface area contributed by atoms with E-state index in [2.05, 4.69) is 20.3 Å². The van der Waals surface area contributed by atoms with Crippen molar-refractivity contribution in [1.82, 2.24) is 19.7 Å². The summed E-state index contributed by atoms with van der Waals surface area (Å²) in [7, 11) is 0. The number of rotatable bonds is 5. The van der Waals surface area contributed by atoms with E-state index in [1.54, 1.807) is 6.20 Å². The second-order valence-corrected chi connectivity index (χ2v) is 7.24. The van der Waals surface area contributed by atoms with Gasteiger partial charge in [0.25, 0.3) is 0 Å². The van der Waals surface area contributed by atoms with Crippen molar-refractivity contribution in [3.63, 3.8) is 0 Å². The Bertz CT molecular complexity index is 665. The predicted molar refractivity (Wildman–Crippen MR) is 93.2 cm³/mol. The number of ether oxygens (including phenoxy) is 1. The second-order valence-electron chi connectivity index (χ2n) is 6.04. The van der Waals surface area contributed by atoms with Gasteiger partial charge in [0.05, 0.1) is 31.0 Å². The number of amides is 1. The van der Waals surface area contributed by atoms with Crippen molar-refractivity contribution < 1.29 is 9.53 Å². The molecule has 1 fully saturated rings. The van der Waals surface area contributed by atoms with Crippen LogP contribution in [0.3, 0.4) is 0 Å². The largest absolute Gasteiger partial charge is 0.374 e. The van der Waals surface area contributed by atoms with Crippen LogP contribution in [0.15, 0.2) is 18.5 Å². The molecule has 24 heavy (non-hydrogen) atoms. The van der Waals surface area contributed by atoms with Gasteiger partial charge in [0.2, 0.25) is 5.91 Å². The van der Waals surface area contributed by atoms with Crippen molar-refractivity contribution in [1.29, 1.82) is 0 Å². The first kappa shape index (κ1) is 17.1. The number of hydrogen-bond donors (Lipinski definition) is 1. The van der Waals surface area contributed by atoms with E-state index in [0.717, 1.165) is 17.1 Å². The van der Waals surface area contributed by atoms with Crippen LogP contribution >= 0.6 is 11.3 Å². The zero-order valence-electron chi connectivity index (χ0n) is 14.2. The maximum atomic E-state index is 12.5. The van der Waals surface area contributed by atoms with Crippen molar-refractivity contribution >= 4 is 22.4 Å². The molecule has 0 unspecified atom stereocenters. The summed E-state index contributed by atoms with van der Waals surface area (Å²) in [6, 6.07) is 1.67. The van der Waals surface area contributed by atoms with Gasteiger partial charge in [-0.3, -0.25) is 14.4 Å². The molecule has 0 saturated carbocycles. The highest BCUT2D eigenvalue weighted by molar-refractivity contribution is 7.15. The summed E-state index contributed by atoms with van der Waals surface area (Å²) in [5, 5.41) is 7.81. The molecular formula is C16H23N5O2S. The van der Waals surface area contributed by atoms with Gasteiger partial charge in [0.15, 0.2) is 5.13 Å². The maximum Gasteiger partial charge on any atom is 0.243 e. The number of anilines is 1. The van der Waals surface area contributed by atoms with Gasteiger partial charge in [-0.1, -0.05) is 0 Å². The van der Waals surface area contributed by atoms with Gasteiger partial charge in [-0.2, -0.15) is 5.10 Å². The highest BCUT2D eigenvalue weighted by Gasteiger charge is 2.28. The minimum Gasteiger partial charge on any atom is -0.374 e. The topological polar surface area (TPSA) is 72.3 Å². The van der Waals surface area contributed by atoms with Crippen LogP contribution in [-0.2, 0) is 16.1 Å². The number of carbonyl (C=O) groups is 1. The molecule has 1 aliphatic rings. The van der Waals surface area contributed by atoms with Crippen LogP contribution in [0.25, 0.3) is 0 Å². The van der Waals surface area contributed by atoms with Crippen LogP contribution in [-0.4, -0.2) is 57.4 Å². The van der Waals surface area contributed by atoms with Crippen molar-refractivity contribution in [2.24, 2.45) is 0 Å². The molecule has 130 valence electrons. The van der Waals surface area contributed by atoms with E-state index >= 15 is 0 Å². The highest BCUT2D eigenvalue weighted by atomic mass is 32.1. The average Bonchev–Trinajstić information content (AvgIpc) is 3.17. The van der Waals surface area contributed by atoms with E-state index in [0.29, 0.717) is 24.8 Å². The summed E-state index contributed by atoms with van der Waals surface area (Å²) in [5.41, 5.74) is 0.966. The Balaban J connectivity index is 1.56. The summed E-state index contributed by atoms with van der Waals surface area (Å²) in [5.74, 6) is -0.0245. The smallest absolute Gasteiger partial charge is 0.243 e. The number of aryl methyl sites for hydroxylation is 2. The molecule has 2 aromatic heterocycles. The molecule has 3 heterocycles. The third-order valence-electron chi connectivity index (χ3n) is 4.31. The third kappa shape index (κ3) is 4.00. The first-order valence-corrected chi connectivity index (χ1v) is 8.92. The summed E-state index contributed by atoms with van der Waals surface area (Å²) in [6.07, 6.45) is 3.72. The molecule has 1 N–H and O–H groups in total. The molecule has 2 aromatic rings. The molecule has 3 rings (SSSR count). The number of nitrogens with one attached hydrogen (secondary N) is 1.